The highest BCUT2D eigenvalue weighted by atomic mass is 35.5. The number of allylic oxidation sites excluding steroid dienone is 4. The molecule has 0 saturated carbocycles. The average Bonchev–Trinajstić information content (AvgIpc) is 2.61. The van der Waals surface area contributed by atoms with Gasteiger partial charge in [0.25, 0.3) is 0 Å². The number of benzene rings is 1. The Morgan fingerprint density at radius 2 is 2.00 bits per heavy atom. The molecule has 1 heterocycles. The Morgan fingerprint density at radius 3 is 2.56 bits per heavy atom. The van der Waals surface area contributed by atoms with Crippen LogP contribution in [0.4, 0.5) is 4.39 Å². The van der Waals surface area contributed by atoms with Gasteiger partial charge < -0.3 is 15.2 Å². The van der Waals surface area contributed by atoms with Gasteiger partial charge >= 0.3 is 0 Å². The summed E-state index contributed by atoms with van der Waals surface area (Å²) in [4.78, 5) is 13.3. The molecule has 0 fully saturated rings. The number of nitrogens with one attached hydrogen (secondary N) is 1. The Balaban J connectivity index is 0.000000186. The van der Waals surface area contributed by atoms with E-state index in [1.54, 1.807) is 6.08 Å². The maximum atomic E-state index is 13.2. The second-order valence-corrected chi connectivity index (χ2v) is 6.05. The van der Waals surface area contributed by atoms with Crippen molar-refractivity contribution in [2.75, 3.05) is 0 Å². The van der Waals surface area contributed by atoms with Crippen LogP contribution in [0.5, 0.6) is 5.75 Å². The summed E-state index contributed by atoms with van der Waals surface area (Å²) in [7, 11) is 0. The second-order valence-electron chi connectivity index (χ2n) is 5.65. The topological polar surface area (TPSA) is 73.3 Å². The zero-order valence-electron chi connectivity index (χ0n) is 13.6. The number of halogens is 2. The third kappa shape index (κ3) is 5.31. The molecule has 1 aromatic heterocycles. The summed E-state index contributed by atoms with van der Waals surface area (Å²) in [6.45, 7) is 1.53. The first-order valence-corrected chi connectivity index (χ1v) is 8.13. The van der Waals surface area contributed by atoms with Gasteiger partial charge in [-0.25, -0.2) is 4.39 Å². The van der Waals surface area contributed by atoms with Crippen LogP contribution in [0.15, 0.2) is 70.4 Å². The minimum Gasteiger partial charge on any atom is -0.503 e. The SMILES string of the molecule is CC(O)c1cc(=O)c(O)c[nH]1.FC1=C(Cl)C=CC(c2ccccc2)C1. The molecule has 1 aliphatic rings. The van der Waals surface area contributed by atoms with E-state index in [0.29, 0.717) is 12.1 Å². The van der Waals surface area contributed by atoms with Gasteiger partial charge in [0.15, 0.2) is 5.75 Å². The van der Waals surface area contributed by atoms with Gasteiger partial charge in [-0.1, -0.05) is 48.0 Å². The molecule has 3 N–H and O–H groups in total. The normalized spacial score (nSPS) is 17.7. The zero-order chi connectivity index (χ0) is 18.4. The molecule has 2 unspecified atom stereocenters. The Labute approximate surface area is 149 Å². The van der Waals surface area contributed by atoms with E-state index < -0.39 is 11.5 Å². The van der Waals surface area contributed by atoms with Gasteiger partial charge in [0.1, 0.15) is 5.83 Å². The number of hydrogen-bond donors (Lipinski definition) is 3. The number of aromatic hydroxyl groups is 1. The Bertz CT molecular complexity index is 828. The van der Waals surface area contributed by atoms with Gasteiger partial charge in [0, 0.05) is 30.3 Å². The van der Waals surface area contributed by atoms with Crippen LogP contribution in [0.1, 0.15) is 36.6 Å². The van der Waals surface area contributed by atoms with Gasteiger partial charge in [-0.05, 0) is 18.6 Å². The van der Waals surface area contributed by atoms with Crippen LogP contribution in [0, 0.1) is 0 Å². The molecule has 25 heavy (non-hydrogen) atoms. The van der Waals surface area contributed by atoms with E-state index in [4.69, 9.17) is 21.8 Å². The van der Waals surface area contributed by atoms with Crippen molar-refractivity contribution >= 4 is 11.6 Å². The minimum absolute atomic E-state index is 0.124. The summed E-state index contributed by atoms with van der Waals surface area (Å²) < 4.78 is 13.2. The largest absolute Gasteiger partial charge is 0.503 e. The van der Waals surface area contributed by atoms with Crippen LogP contribution in [0.3, 0.4) is 0 Å². The van der Waals surface area contributed by atoms with E-state index in [1.807, 2.05) is 36.4 Å². The van der Waals surface area contributed by atoms with Crippen molar-refractivity contribution in [1.82, 2.24) is 4.98 Å². The van der Waals surface area contributed by atoms with Crippen molar-refractivity contribution in [3.63, 3.8) is 0 Å². The molecule has 132 valence electrons. The Kier molecular flexibility index (Phi) is 6.56. The highest BCUT2D eigenvalue weighted by Gasteiger charge is 2.16. The van der Waals surface area contributed by atoms with Crippen LogP contribution in [-0.4, -0.2) is 15.2 Å². The van der Waals surface area contributed by atoms with Gasteiger partial charge in [-0.2, -0.15) is 0 Å². The van der Waals surface area contributed by atoms with E-state index in [1.165, 1.54) is 13.0 Å². The molecule has 6 heteroatoms. The summed E-state index contributed by atoms with van der Waals surface area (Å²) in [5.74, 6) is -0.434. The van der Waals surface area contributed by atoms with Gasteiger partial charge in [-0.15, -0.1) is 0 Å². The number of aliphatic hydroxyl groups excluding tert-OH is 1. The first-order chi connectivity index (χ1) is 11.9. The van der Waals surface area contributed by atoms with E-state index in [0.717, 1.165) is 11.8 Å². The number of rotatable bonds is 2. The molecular formula is C19H19ClFNO3. The molecule has 0 aliphatic heterocycles. The molecule has 0 bridgehead atoms. The molecule has 3 rings (SSSR count). The quantitative estimate of drug-likeness (QED) is 0.745. The van der Waals surface area contributed by atoms with E-state index in [-0.39, 0.29) is 22.5 Å². The monoisotopic (exact) mass is 363 g/mol. The van der Waals surface area contributed by atoms with Crippen LogP contribution >= 0.6 is 11.6 Å². The number of H-pyrrole nitrogens is 1. The third-order valence-corrected chi connectivity index (χ3v) is 4.06. The Hall–Kier alpha value is -2.37. The molecule has 0 radical (unpaired) electrons. The molecule has 2 atom stereocenters. The maximum absolute atomic E-state index is 13.2. The van der Waals surface area contributed by atoms with Crippen molar-refractivity contribution in [2.24, 2.45) is 0 Å². The lowest BCUT2D eigenvalue weighted by atomic mass is 9.92. The van der Waals surface area contributed by atoms with Crippen LogP contribution in [0.2, 0.25) is 0 Å². The fraction of sp³-hybridized carbons (Fsp3) is 0.211. The number of aromatic nitrogens is 1. The molecule has 1 aliphatic carbocycles. The highest BCUT2D eigenvalue weighted by molar-refractivity contribution is 6.31. The van der Waals surface area contributed by atoms with Crippen molar-refractivity contribution in [2.45, 2.75) is 25.4 Å². The molecule has 1 aromatic carbocycles. The lowest BCUT2D eigenvalue weighted by molar-refractivity contribution is 0.194. The predicted molar refractivity (Wildman–Crippen MR) is 96.3 cm³/mol. The fourth-order valence-corrected chi connectivity index (χ4v) is 2.45. The lowest BCUT2D eigenvalue weighted by Gasteiger charge is -2.15. The van der Waals surface area contributed by atoms with Crippen LogP contribution in [0.25, 0.3) is 0 Å². The van der Waals surface area contributed by atoms with E-state index in [9.17, 15) is 9.18 Å². The third-order valence-electron chi connectivity index (χ3n) is 3.73. The van der Waals surface area contributed by atoms with Gasteiger partial charge in [0.2, 0.25) is 5.43 Å². The molecule has 0 amide bonds. The minimum atomic E-state index is -0.719. The van der Waals surface area contributed by atoms with Crippen molar-refractivity contribution < 1.29 is 14.6 Å². The average molecular weight is 364 g/mol. The number of aliphatic hydroxyl groups is 1. The van der Waals surface area contributed by atoms with Crippen molar-refractivity contribution in [1.29, 1.82) is 0 Å². The first kappa shape index (κ1) is 19.0. The summed E-state index contributed by atoms with van der Waals surface area (Å²) in [5, 5.41) is 18.0. The smallest absolute Gasteiger partial charge is 0.223 e. The fourth-order valence-electron chi connectivity index (χ4n) is 2.30. The molecule has 2 aromatic rings. The number of hydrogen-bond acceptors (Lipinski definition) is 3. The number of aromatic amines is 1. The maximum Gasteiger partial charge on any atom is 0.223 e. The molecule has 0 saturated heterocycles. The number of pyridine rings is 1. The second kappa shape index (κ2) is 8.65. The van der Waals surface area contributed by atoms with Crippen LogP contribution in [-0.2, 0) is 0 Å². The first-order valence-electron chi connectivity index (χ1n) is 7.75. The molecular weight excluding hydrogens is 345 g/mol. The molecule has 4 nitrogen and oxygen atoms in total. The van der Waals surface area contributed by atoms with Crippen molar-refractivity contribution in [3.05, 3.63) is 87.1 Å². The summed E-state index contributed by atoms with van der Waals surface area (Å²) in [5.41, 5.74) is 1.04. The van der Waals surface area contributed by atoms with E-state index >= 15 is 0 Å². The predicted octanol–water partition coefficient (Wildman–Crippen LogP) is 4.28. The van der Waals surface area contributed by atoms with E-state index in [2.05, 4.69) is 4.98 Å². The van der Waals surface area contributed by atoms with Gasteiger partial charge in [0.05, 0.1) is 11.1 Å². The summed E-state index contributed by atoms with van der Waals surface area (Å²) in [6.07, 6.45) is 4.39. The lowest BCUT2D eigenvalue weighted by Crippen LogP contribution is -2.04. The van der Waals surface area contributed by atoms with Gasteiger partial charge in [-0.3, -0.25) is 4.79 Å². The Morgan fingerprint density at radius 1 is 1.32 bits per heavy atom. The van der Waals surface area contributed by atoms with Crippen molar-refractivity contribution in [3.8, 4) is 5.75 Å². The standard InChI is InChI=1S/C12H10ClF.C7H9NO3/c13-11-7-6-10(8-12(11)14)9-4-2-1-3-5-9;1-4(9)5-2-6(10)7(11)3-8-5/h1-7,10H,8H2;2-4,9,11H,1H3,(H,8,10). The molecule has 0 spiro atoms. The highest BCUT2D eigenvalue weighted by Crippen LogP contribution is 2.33. The summed E-state index contributed by atoms with van der Waals surface area (Å²) >= 11 is 5.64. The zero-order valence-corrected chi connectivity index (χ0v) is 14.4. The summed E-state index contributed by atoms with van der Waals surface area (Å²) in [6, 6.07) is 11.0. The van der Waals surface area contributed by atoms with Crippen LogP contribution < -0.4 is 5.43 Å².